The molecule has 2 heterocycles. The fourth-order valence-electron chi connectivity index (χ4n) is 2.97. The molecule has 0 radical (unpaired) electrons. The van der Waals surface area contributed by atoms with E-state index in [-0.39, 0.29) is 12.1 Å². The monoisotopic (exact) mass is 292 g/mol. The summed E-state index contributed by atoms with van der Waals surface area (Å²) >= 11 is 0. The van der Waals surface area contributed by atoms with Crippen LogP contribution in [0, 0.1) is 0 Å². The van der Waals surface area contributed by atoms with E-state index in [1.807, 2.05) is 30.3 Å². The van der Waals surface area contributed by atoms with Crippen molar-refractivity contribution in [3.05, 3.63) is 35.9 Å². The molecule has 0 amide bonds. The molecular formula is C16H20O5. The van der Waals surface area contributed by atoms with E-state index in [0.29, 0.717) is 12.8 Å². The summed E-state index contributed by atoms with van der Waals surface area (Å²) in [5.74, 6) is -1.03. The van der Waals surface area contributed by atoms with E-state index in [0.717, 1.165) is 5.56 Å². The van der Waals surface area contributed by atoms with Gasteiger partial charge < -0.3 is 19.3 Å². The SMILES string of the molecule is CC1(C)O[C@H]([C@@H]2CCC(=O)O2)[C@@H]([C@H](O)c2ccccc2)O1. The predicted molar refractivity (Wildman–Crippen MR) is 74.3 cm³/mol. The lowest BCUT2D eigenvalue weighted by atomic mass is 9.96. The van der Waals surface area contributed by atoms with Crippen LogP contribution in [0.5, 0.6) is 0 Å². The van der Waals surface area contributed by atoms with Crippen molar-refractivity contribution >= 4 is 5.97 Å². The van der Waals surface area contributed by atoms with Crippen LogP contribution in [0.4, 0.5) is 0 Å². The molecule has 3 rings (SSSR count). The minimum atomic E-state index is -0.822. The molecule has 21 heavy (non-hydrogen) atoms. The van der Waals surface area contributed by atoms with Crippen molar-refractivity contribution in [1.82, 2.24) is 0 Å². The highest BCUT2D eigenvalue weighted by atomic mass is 16.8. The molecule has 1 N–H and O–H groups in total. The van der Waals surface area contributed by atoms with Crippen LogP contribution in [0.25, 0.3) is 0 Å². The number of cyclic esters (lactones) is 1. The molecule has 0 saturated carbocycles. The van der Waals surface area contributed by atoms with Gasteiger partial charge in [0, 0.05) is 6.42 Å². The molecule has 1 aromatic rings. The molecule has 2 aliphatic rings. The zero-order valence-electron chi connectivity index (χ0n) is 12.2. The van der Waals surface area contributed by atoms with Crippen molar-refractivity contribution in [2.75, 3.05) is 0 Å². The van der Waals surface area contributed by atoms with Gasteiger partial charge in [0.25, 0.3) is 0 Å². The van der Waals surface area contributed by atoms with Crippen LogP contribution >= 0.6 is 0 Å². The van der Waals surface area contributed by atoms with E-state index >= 15 is 0 Å². The minimum Gasteiger partial charge on any atom is -0.459 e. The van der Waals surface area contributed by atoms with E-state index in [9.17, 15) is 9.90 Å². The van der Waals surface area contributed by atoms with Crippen LogP contribution in [-0.4, -0.2) is 35.2 Å². The van der Waals surface area contributed by atoms with Gasteiger partial charge in [-0.25, -0.2) is 0 Å². The Hall–Kier alpha value is -1.43. The van der Waals surface area contributed by atoms with E-state index in [1.165, 1.54) is 0 Å². The van der Waals surface area contributed by atoms with Crippen molar-refractivity contribution in [3.8, 4) is 0 Å². The van der Waals surface area contributed by atoms with Gasteiger partial charge in [-0.1, -0.05) is 30.3 Å². The lowest BCUT2D eigenvalue weighted by molar-refractivity contribution is -0.165. The van der Waals surface area contributed by atoms with E-state index < -0.39 is 24.1 Å². The third kappa shape index (κ3) is 2.95. The van der Waals surface area contributed by atoms with Gasteiger partial charge in [-0.05, 0) is 25.8 Å². The first-order valence-corrected chi connectivity index (χ1v) is 7.24. The number of hydrogen-bond acceptors (Lipinski definition) is 5. The molecule has 4 atom stereocenters. The van der Waals surface area contributed by atoms with Gasteiger partial charge in [-0.2, -0.15) is 0 Å². The molecule has 114 valence electrons. The maximum absolute atomic E-state index is 11.3. The Labute approximate surface area is 123 Å². The zero-order chi connectivity index (χ0) is 15.0. The standard InChI is InChI=1S/C16H20O5/c1-16(2)20-14(11-8-9-12(17)19-11)15(21-16)13(18)10-6-4-3-5-7-10/h3-7,11,13-15,18H,8-9H2,1-2H3/t11-,13+,14+,15+/m0/s1. The number of esters is 1. The quantitative estimate of drug-likeness (QED) is 0.863. The molecule has 2 fully saturated rings. The maximum atomic E-state index is 11.3. The highest BCUT2D eigenvalue weighted by Gasteiger charge is 2.50. The van der Waals surface area contributed by atoms with Crippen LogP contribution in [0.2, 0.25) is 0 Å². The number of aliphatic hydroxyl groups is 1. The first-order chi connectivity index (χ1) is 9.96. The summed E-state index contributed by atoms with van der Waals surface area (Å²) in [6.45, 7) is 3.60. The average Bonchev–Trinajstić information content (AvgIpc) is 3.02. The lowest BCUT2D eigenvalue weighted by Gasteiger charge is -2.25. The fraction of sp³-hybridized carbons (Fsp3) is 0.562. The Morgan fingerprint density at radius 2 is 1.95 bits per heavy atom. The van der Waals surface area contributed by atoms with Crippen molar-refractivity contribution < 1.29 is 24.1 Å². The summed E-state index contributed by atoms with van der Waals surface area (Å²) in [4.78, 5) is 11.3. The van der Waals surface area contributed by atoms with Crippen molar-refractivity contribution in [3.63, 3.8) is 0 Å². The lowest BCUT2D eigenvalue weighted by Crippen LogP contribution is -2.38. The third-order valence-electron chi connectivity index (χ3n) is 3.90. The number of benzene rings is 1. The fourth-order valence-corrected chi connectivity index (χ4v) is 2.97. The summed E-state index contributed by atoms with van der Waals surface area (Å²) in [6, 6.07) is 9.31. The second-order valence-electron chi connectivity index (χ2n) is 5.99. The molecule has 5 nitrogen and oxygen atoms in total. The maximum Gasteiger partial charge on any atom is 0.306 e. The van der Waals surface area contributed by atoms with Crippen molar-refractivity contribution in [2.24, 2.45) is 0 Å². The van der Waals surface area contributed by atoms with E-state index in [4.69, 9.17) is 14.2 Å². The summed E-state index contributed by atoms with van der Waals surface area (Å²) in [7, 11) is 0. The second-order valence-corrected chi connectivity index (χ2v) is 5.99. The number of carbonyl (C=O) groups is 1. The first-order valence-electron chi connectivity index (χ1n) is 7.24. The Bertz CT molecular complexity index is 513. The van der Waals surface area contributed by atoms with Gasteiger partial charge in [-0.3, -0.25) is 4.79 Å². The summed E-state index contributed by atoms with van der Waals surface area (Å²) in [5, 5.41) is 10.6. The Morgan fingerprint density at radius 1 is 1.24 bits per heavy atom. The largest absolute Gasteiger partial charge is 0.459 e. The summed E-state index contributed by atoms with van der Waals surface area (Å²) in [6.07, 6.45) is -1.21. The molecule has 0 spiro atoms. The smallest absolute Gasteiger partial charge is 0.306 e. The van der Waals surface area contributed by atoms with Crippen LogP contribution in [0.1, 0.15) is 38.4 Å². The normalized spacial score (nSPS) is 32.9. The molecular weight excluding hydrogens is 272 g/mol. The topological polar surface area (TPSA) is 65.0 Å². The Morgan fingerprint density at radius 3 is 2.57 bits per heavy atom. The van der Waals surface area contributed by atoms with Crippen LogP contribution in [0.15, 0.2) is 30.3 Å². The molecule has 1 aromatic carbocycles. The summed E-state index contributed by atoms with van der Waals surface area (Å²) < 4.78 is 17.0. The molecule has 0 aromatic heterocycles. The van der Waals surface area contributed by atoms with Gasteiger partial charge in [0.2, 0.25) is 0 Å². The van der Waals surface area contributed by atoms with Gasteiger partial charge in [0.05, 0.1) is 0 Å². The minimum absolute atomic E-state index is 0.221. The molecule has 2 aliphatic heterocycles. The number of rotatable bonds is 3. The predicted octanol–water partition coefficient (Wildman–Crippen LogP) is 1.95. The van der Waals surface area contributed by atoms with Gasteiger partial charge in [0.1, 0.15) is 24.4 Å². The Kier molecular flexibility index (Phi) is 3.73. The number of hydrogen-bond donors (Lipinski definition) is 1. The first kappa shape index (κ1) is 14.5. The van der Waals surface area contributed by atoms with Gasteiger partial charge >= 0.3 is 5.97 Å². The highest BCUT2D eigenvalue weighted by molar-refractivity contribution is 5.71. The molecule has 5 heteroatoms. The average molecular weight is 292 g/mol. The van der Waals surface area contributed by atoms with E-state index in [1.54, 1.807) is 13.8 Å². The van der Waals surface area contributed by atoms with Crippen molar-refractivity contribution in [1.29, 1.82) is 0 Å². The zero-order valence-corrected chi connectivity index (χ0v) is 12.2. The summed E-state index contributed by atoms with van der Waals surface area (Å²) in [5.41, 5.74) is 0.762. The van der Waals surface area contributed by atoms with Gasteiger partial charge in [0.15, 0.2) is 5.79 Å². The number of ether oxygens (including phenoxy) is 3. The van der Waals surface area contributed by atoms with Crippen LogP contribution in [-0.2, 0) is 19.0 Å². The molecule has 0 aliphatic carbocycles. The van der Waals surface area contributed by atoms with Crippen molar-refractivity contribution in [2.45, 2.75) is 56.9 Å². The van der Waals surface area contributed by atoms with Crippen LogP contribution < -0.4 is 0 Å². The third-order valence-corrected chi connectivity index (χ3v) is 3.90. The Balaban J connectivity index is 1.82. The second kappa shape index (κ2) is 5.40. The van der Waals surface area contributed by atoms with Crippen LogP contribution in [0.3, 0.4) is 0 Å². The van der Waals surface area contributed by atoms with Gasteiger partial charge in [-0.15, -0.1) is 0 Å². The molecule has 0 unspecified atom stereocenters. The molecule has 2 saturated heterocycles. The number of aliphatic hydroxyl groups excluding tert-OH is 1. The highest BCUT2D eigenvalue weighted by Crippen LogP contribution is 2.39. The number of carbonyl (C=O) groups excluding carboxylic acids is 1. The van der Waals surface area contributed by atoms with E-state index in [2.05, 4.69) is 0 Å². The molecule has 0 bridgehead atoms.